The van der Waals surface area contributed by atoms with Crippen LogP contribution in [-0.4, -0.2) is 21.1 Å². The predicted octanol–water partition coefficient (Wildman–Crippen LogP) is 4.11. The van der Waals surface area contributed by atoms with E-state index in [4.69, 9.17) is 27.6 Å². The molecule has 0 radical (unpaired) electrons. The molecular weight excluding hydrogens is 333 g/mol. The van der Waals surface area contributed by atoms with Crippen LogP contribution in [0, 0.1) is 13.8 Å². The number of carbonyl (C=O) groups excluding carboxylic acids is 1. The van der Waals surface area contributed by atoms with E-state index in [0.717, 1.165) is 11.5 Å². The van der Waals surface area contributed by atoms with Crippen LogP contribution in [0.2, 0.25) is 10.0 Å². The molecule has 8 heteroatoms. The Hall–Kier alpha value is -1.24. The molecule has 2 heterocycles. The second-order valence-corrected chi connectivity index (χ2v) is 6.49. The maximum Gasteiger partial charge on any atom is 0.256 e. The lowest BCUT2D eigenvalue weighted by Crippen LogP contribution is -2.23. The molecule has 2 aromatic heterocycles. The number of anilines is 1. The highest BCUT2D eigenvalue weighted by atomic mass is 35.5. The quantitative estimate of drug-likeness (QED) is 0.844. The molecule has 1 unspecified atom stereocenters. The van der Waals surface area contributed by atoms with Crippen LogP contribution in [0.15, 0.2) is 21.9 Å². The van der Waals surface area contributed by atoms with Gasteiger partial charge >= 0.3 is 0 Å². The summed E-state index contributed by atoms with van der Waals surface area (Å²) in [4.78, 5) is 20.3. The fourth-order valence-corrected chi connectivity index (χ4v) is 2.68. The van der Waals surface area contributed by atoms with E-state index in [9.17, 15) is 4.79 Å². The van der Waals surface area contributed by atoms with Gasteiger partial charge < -0.3 is 9.73 Å². The van der Waals surface area contributed by atoms with Crippen LogP contribution in [0.5, 0.6) is 0 Å². The Bertz CT molecular complexity index is 656. The summed E-state index contributed by atoms with van der Waals surface area (Å²) in [5.74, 6) is 0.774. The number of rotatable bonds is 4. The van der Waals surface area contributed by atoms with E-state index in [1.165, 1.54) is 24.0 Å². The summed E-state index contributed by atoms with van der Waals surface area (Å²) in [7, 11) is 0. The third kappa shape index (κ3) is 4.12. The van der Waals surface area contributed by atoms with Gasteiger partial charge in [0.05, 0.1) is 21.0 Å². The molecule has 0 spiro atoms. The summed E-state index contributed by atoms with van der Waals surface area (Å²) in [5, 5.41) is 3.40. The van der Waals surface area contributed by atoms with Crippen molar-refractivity contribution in [3.8, 4) is 0 Å². The van der Waals surface area contributed by atoms with Gasteiger partial charge in [0, 0.05) is 6.20 Å². The molecule has 0 fully saturated rings. The largest absolute Gasteiger partial charge is 0.437 e. The first kappa shape index (κ1) is 16.1. The summed E-state index contributed by atoms with van der Waals surface area (Å²) in [6.45, 7) is 5.43. The molecule has 0 saturated carbocycles. The topological polar surface area (TPSA) is 68.0 Å². The molecule has 0 aliphatic heterocycles. The van der Waals surface area contributed by atoms with Crippen molar-refractivity contribution in [1.29, 1.82) is 0 Å². The van der Waals surface area contributed by atoms with E-state index in [0.29, 0.717) is 10.2 Å². The van der Waals surface area contributed by atoms with Crippen molar-refractivity contribution in [2.24, 2.45) is 0 Å². The van der Waals surface area contributed by atoms with Crippen molar-refractivity contribution in [2.45, 2.75) is 31.2 Å². The van der Waals surface area contributed by atoms with Gasteiger partial charge in [0.2, 0.25) is 5.91 Å². The van der Waals surface area contributed by atoms with Crippen LogP contribution >= 0.6 is 35.0 Å². The molecular formula is C13H13Cl2N3O2S. The number of oxazole rings is 1. The number of thioether (sulfide) groups is 1. The zero-order valence-electron chi connectivity index (χ0n) is 11.6. The fraction of sp³-hybridized carbons (Fsp3) is 0.308. The van der Waals surface area contributed by atoms with Gasteiger partial charge in [0.15, 0.2) is 5.82 Å². The van der Waals surface area contributed by atoms with Crippen molar-refractivity contribution in [3.05, 3.63) is 33.8 Å². The van der Waals surface area contributed by atoms with E-state index in [1.54, 1.807) is 6.92 Å². The van der Waals surface area contributed by atoms with Crippen molar-refractivity contribution >= 4 is 46.7 Å². The second kappa shape index (κ2) is 6.68. The minimum absolute atomic E-state index is 0.245. The summed E-state index contributed by atoms with van der Waals surface area (Å²) in [5.41, 5.74) is 0.813. The van der Waals surface area contributed by atoms with Crippen LogP contribution in [-0.2, 0) is 4.79 Å². The van der Waals surface area contributed by atoms with Gasteiger partial charge in [-0.2, -0.15) is 0 Å². The van der Waals surface area contributed by atoms with Crippen molar-refractivity contribution in [1.82, 2.24) is 9.97 Å². The molecule has 0 bridgehead atoms. The molecule has 0 aliphatic carbocycles. The van der Waals surface area contributed by atoms with Crippen LogP contribution < -0.4 is 5.32 Å². The molecule has 0 saturated heterocycles. The monoisotopic (exact) mass is 345 g/mol. The van der Waals surface area contributed by atoms with Gasteiger partial charge in [-0.25, -0.2) is 9.97 Å². The molecule has 0 aliphatic rings. The van der Waals surface area contributed by atoms with E-state index >= 15 is 0 Å². The number of hydrogen-bond acceptors (Lipinski definition) is 5. The maximum absolute atomic E-state index is 12.1. The normalized spacial score (nSPS) is 12.2. The number of nitrogens with zero attached hydrogens (tertiary/aromatic N) is 2. The first-order valence-corrected chi connectivity index (χ1v) is 7.73. The Morgan fingerprint density at radius 3 is 2.71 bits per heavy atom. The Morgan fingerprint density at radius 1 is 1.43 bits per heavy atom. The smallest absolute Gasteiger partial charge is 0.256 e. The number of nitrogens with one attached hydrogen (secondary N) is 1. The van der Waals surface area contributed by atoms with Crippen LogP contribution in [0.4, 0.5) is 5.82 Å². The zero-order chi connectivity index (χ0) is 15.6. The lowest BCUT2D eigenvalue weighted by atomic mass is 10.4. The highest BCUT2D eigenvalue weighted by molar-refractivity contribution is 8.00. The lowest BCUT2D eigenvalue weighted by Gasteiger charge is -2.10. The minimum atomic E-state index is -0.406. The van der Waals surface area contributed by atoms with Gasteiger partial charge in [0.1, 0.15) is 5.76 Å². The first-order valence-electron chi connectivity index (χ1n) is 6.09. The van der Waals surface area contributed by atoms with Crippen LogP contribution in [0.1, 0.15) is 18.4 Å². The van der Waals surface area contributed by atoms with Gasteiger partial charge in [-0.3, -0.25) is 4.79 Å². The van der Waals surface area contributed by atoms with E-state index in [2.05, 4.69) is 15.3 Å². The number of pyridine rings is 1. The van der Waals surface area contributed by atoms with Gasteiger partial charge in [-0.15, -0.1) is 0 Å². The second-order valence-electron chi connectivity index (χ2n) is 4.35. The molecule has 0 aromatic carbocycles. The van der Waals surface area contributed by atoms with E-state index in [-0.39, 0.29) is 16.7 Å². The Labute approximate surface area is 136 Å². The fourth-order valence-electron chi connectivity index (χ4n) is 1.42. The number of aromatic nitrogens is 2. The van der Waals surface area contributed by atoms with Crippen molar-refractivity contribution < 1.29 is 9.21 Å². The van der Waals surface area contributed by atoms with Crippen LogP contribution in [0.25, 0.3) is 0 Å². The number of amides is 1. The Kier molecular flexibility index (Phi) is 5.13. The van der Waals surface area contributed by atoms with Gasteiger partial charge in [0.25, 0.3) is 5.22 Å². The molecule has 1 amide bonds. The molecule has 21 heavy (non-hydrogen) atoms. The average molecular weight is 346 g/mol. The summed E-state index contributed by atoms with van der Waals surface area (Å²) >= 11 is 12.9. The average Bonchev–Trinajstić information content (AvgIpc) is 2.71. The zero-order valence-corrected chi connectivity index (χ0v) is 13.9. The van der Waals surface area contributed by atoms with Gasteiger partial charge in [-0.05, 0) is 26.8 Å². The molecule has 1 atom stereocenters. The Balaban J connectivity index is 2.02. The number of aryl methyl sites for hydroxylation is 2. The SMILES string of the molecule is Cc1nc(SC(C)C(=O)Nc2ncc(Cl)cc2Cl)oc1C. The number of hydrogen-bond donors (Lipinski definition) is 1. The molecule has 2 rings (SSSR count). The summed E-state index contributed by atoms with van der Waals surface area (Å²) in [6, 6.07) is 1.52. The van der Waals surface area contributed by atoms with E-state index < -0.39 is 5.25 Å². The first-order chi connectivity index (χ1) is 9.86. The molecule has 1 N–H and O–H groups in total. The molecule has 112 valence electrons. The molecule has 5 nitrogen and oxygen atoms in total. The highest BCUT2D eigenvalue weighted by Gasteiger charge is 2.19. The minimum Gasteiger partial charge on any atom is -0.437 e. The van der Waals surface area contributed by atoms with Crippen molar-refractivity contribution in [2.75, 3.05) is 5.32 Å². The number of halogens is 2. The van der Waals surface area contributed by atoms with E-state index in [1.807, 2.05) is 13.8 Å². The third-order valence-electron chi connectivity index (χ3n) is 2.71. The third-order valence-corrected chi connectivity index (χ3v) is 4.14. The van der Waals surface area contributed by atoms with Gasteiger partial charge in [-0.1, -0.05) is 35.0 Å². The highest BCUT2D eigenvalue weighted by Crippen LogP contribution is 2.27. The summed E-state index contributed by atoms with van der Waals surface area (Å²) in [6.07, 6.45) is 1.42. The summed E-state index contributed by atoms with van der Waals surface area (Å²) < 4.78 is 5.44. The van der Waals surface area contributed by atoms with Crippen molar-refractivity contribution in [3.63, 3.8) is 0 Å². The Morgan fingerprint density at radius 2 is 2.14 bits per heavy atom. The maximum atomic E-state index is 12.1. The standard InChI is InChI=1S/C13H13Cl2N3O2S/c1-6-7(2)20-13(17-6)21-8(3)12(19)18-11-10(15)4-9(14)5-16-11/h4-5,8H,1-3H3,(H,16,18,19). The molecule has 2 aromatic rings. The predicted molar refractivity (Wildman–Crippen MR) is 84.2 cm³/mol. The van der Waals surface area contributed by atoms with Crippen LogP contribution in [0.3, 0.4) is 0 Å². The lowest BCUT2D eigenvalue weighted by molar-refractivity contribution is -0.115. The number of carbonyl (C=O) groups is 1.